The molecule has 2 N–H and O–H groups in total. The molecule has 3 aromatic rings. The third-order valence-electron chi connectivity index (χ3n) is 4.15. The zero-order valence-corrected chi connectivity index (χ0v) is 21.7. The van der Waals surface area contributed by atoms with Gasteiger partial charge in [-0.05, 0) is 70.7 Å². The zero-order chi connectivity index (χ0) is 22.3. The maximum atomic E-state index is 7.42. The number of thioether (sulfide) groups is 2. The maximum absolute atomic E-state index is 7.42. The number of hydrogen-bond acceptors (Lipinski definition) is 4. The molecule has 0 spiro atoms. The molecular formula is C23H23BrCl2N2S2. The maximum Gasteiger partial charge on any atom is 0.0616 e. The Hall–Kier alpha value is -0.980. The number of fused-ring (bicyclic) bond motifs is 1. The summed E-state index contributed by atoms with van der Waals surface area (Å²) in [6.07, 6.45) is 0. The minimum absolute atomic E-state index is 0.238. The molecule has 30 heavy (non-hydrogen) atoms. The topological polar surface area (TPSA) is 47.7 Å². The molecule has 0 aliphatic carbocycles. The summed E-state index contributed by atoms with van der Waals surface area (Å²) in [6, 6.07) is 18.2. The van der Waals surface area contributed by atoms with E-state index in [4.69, 9.17) is 34.0 Å². The molecule has 3 rings (SSSR count). The summed E-state index contributed by atoms with van der Waals surface area (Å²) in [4.78, 5) is 0. The molecule has 0 amide bonds. The lowest BCUT2D eigenvalue weighted by atomic mass is 10.1. The van der Waals surface area contributed by atoms with E-state index in [-0.39, 0.29) is 5.25 Å². The van der Waals surface area contributed by atoms with E-state index in [1.165, 1.54) is 28.1 Å². The molecule has 0 aromatic heterocycles. The highest BCUT2D eigenvalue weighted by Gasteiger charge is 2.09. The first-order valence-electron chi connectivity index (χ1n) is 9.20. The van der Waals surface area contributed by atoms with Crippen LogP contribution < -0.4 is 0 Å². The Labute approximate surface area is 205 Å². The fourth-order valence-electron chi connectivity index (χ4n) is 2.67. The lowest BCUT2D eigenvalue weighted by Crippen LogP contribution is -1.91. The second-order valence-corrected chi connectivity index (χ2v) is 10.9. The largest absolute Gasteiger partial charge is 0.299 e. The molecule has 0 fully saturated rings. The van der Waals surface area contributed by atoms with Crippen molar-refractivity contribution < 1.29 is 0 Å². The van der Waals surface area contributed by atoms with Crippen LogP contribution in [0.25, 0.3) is 10.8 Å². The Balaban J connectivity index is 0.000000216. The Morgan fingerprint density at radius 1 is 0.967 bits per heavy atom. The van der Waals surface area contributed by atoms with Crippen LogP contribution in [-0.2, 0) is 5.75 Å². The van der Waals surface area contributed by atoms with Gasteiger partial charge in [0, 0.05) is 15.5 Å². The lowest BCUT2D eigenvalue weighted by Gasteiger charge is -2.11. The smallest absolute Gasteiger partial charge is 0.0616 e. The SMILES string of the molecule is CC(=N)SC(C)c1ccc(Cl)c(Cl)c1.CC(=N)SCc1ccc2ccccc2c1Br. The van der Waals surface area contributed by atoms with Gasteiger partial charge in [0.05, 0.1) is 20.1 Å². The average molecular weight is 542 g/mol. The van der Waals surface area contributed by atoms with E-state index in [1.54, 1.807) is 24.8 Å². The van der Waals surface area contributed by atoms with Crippen LogP contribution in [0, 0.1) is 10.8 Å². The predicted molar refractivity (Wildman–Crippen MR) is 142 cm³/mol. The molecule has 0 bridgehead atoms. The van der Waals surface area contributed by atoms with E-state index in [2.05, 4.69) is 40.2 Å². The first-order valence-corrected chi connectivity index (χ1v) is 12.6. The van der Waals surface area contributed by atoms with E-state index in [0.717, 1.165) is 15.8 Å². The predicted octanol–water partition coefficient (Wildman–Crippen LogP) is 9.62. The van der Waals surface area contributed by atoms with Gasteiger partial charge in [0.25, 0.3) is 0 Å². The monoisotopic (exact) mass is 540 g/mol. The summed E-state index contributed by atoms with van der Waals surface area (Å²) in [6.45, 7) is 5.64. The van der Waals surface area contributed by atoms with Crippen molar-refractivity contribution in [1.82, 2.24) is 0 Å². The quantitative estimate of drug-likeness (QED) is 0.255. The van der Waals surface area contributed by atoms with Crippen LogP contribution in [-0.4, -0.2) is 10.1 Å². The minimum atomic E-state index is 0.238. The first kappa shape index (κ1) is 25.3. The Kier molecular flexibility index (Phi) is 10.2. The van der Waals surface area contributed by atoms with Crippen LogP contribution >= 0.6 is 62.7 Å². The number of rotatable bonds is 4. The first-order chi connectivity index (χ1) is 14.2. The van der Waals surface area contributed by atoms with Crippen molar-refractivity contribution in [3.63, 3.8) is 0 Å². The second kappa shape index (κ2) is 12.2. The van der Waals surface area contributed by atoms with Crippen LogP contribution in [0.15, 0.2) is 59.1 Å². The summed E-state index contributed by atoms with van der Waals surface area (Å²) < 4.78 is 1.15. The van der Waals surface area contributed by atoms with Gasteiger partial charge in [-0.1, -0.05) is 65.7 Å². The van der Waals surface area contributed by atoms with Gasteiger partial charge in [-0.15, -0.1) is 23.5 Å². The molecule has 158 valence electrons. The fourth-order valence-corrected chi connectivity index (χ4v) is 5.23. The molecule has 0 heterocycles. The molecule has 2 nitrogen and oxygen atoms in total. The van der Waals surface area contributed by atoms with Crippen molar-refractivity contribution in [1.29, 1.82) is 10.8 Å². The number of benzene rings is 3. The highest BCUT2D eigenvalue weighted by atomic mass is 79.9. The van der Waals surface area contributed by atoms with Gasteiger partial charge in [0.2, 0.25) is 0 Å². The summed E-state index contributed by atoms with van der Waals surface area (Å²) in [7, 11) is 0. The summed E-state index contributed by atoms with van der Waals surface area (Å²) in [5, 5.41) is 19.9. The molecule has 7 heteroatoms. The highest BCUT2D eigenvalue weighted by molar-refractivity contribution is 9.10. The Bertz CT molecular complexity index is 1060. The molecule has 0 aliphatic rings. The zero-order valence-electron chi connectivity index (χ0n) is 16.9. The average Bonchev–Trinajstić information content (AvgIpc) is 2.69. The summed E-state index contributed by atoms with van der Waals surface area (Å²) in [5.74, 6) is 0.848. The van der Waals surface area contributed by atoms with Gasteiger partial charge in [-0.3, -0.25) is 10.8 Å². The molecule has 3 aromatic carbocycles. The van der Waals surface area contributed by atoms with Crippen molar-refractivity contribution in [3.8, 4) is 0 Å². The van der Waals surface area contributed by atoms with Crippen molar-refractivity contribution in [3.05, 3.63) is 80.2 Å². The number of halogens is 3. The van der Waals surface area contributed by atoms with Crippen LogP contribution in [0.2, 0.25) is 10.0 Å². The Morgan fingerprint density at radius 2 is 1.67 bits per heavy atom. The van der Waals surface area contributed by atoms with E-state index < -0.39 is 0 Å². The Morgan fingerprint density at radius 3 is 2.30 bits per heavy atom. The van der Waals surface area contributed by atoms with Crippen molar-refractivity contribution in [2.24, 2.45) is 0 Å². The van der Waals surface area contributed by atoms with Gasteiger partial charge >= 0.3 is 0 Å². The van der Waals surface area contributed by atoms with Crippen LogP contribution in [0.4, 0.5) is 0 Å². The van der Waals surface area contributed by atoms with E-state index in [0.29, 0.717) is 20.1 Å². The third kappa shape index (κ3) is 7.61. The number of hydrogen-bond donors (Lipinski definition) is 2. The number of nitrogens with one attached hydrogen (secondary N) is 2. The molecule has 1 atom stereocenters. The van der Waals surface area contributed by atoms with E-state index in [1.807, 2.05) is 38.1 Å². The summed E-state index contributed by atoms with van der Waals surface area (Å²) in [5.41, 5.74) is 2.34. The molecule has 0 saturated carbocycles. The van der Waals surface area contributed by atoms with Gasteiger partial charge in [0.15, 0.2) is 0 Å². The van der Waals surface area contributed by atoms with Gasteiger partial charge in [0.1, 0.15) is 0 Å². The highest BCUT2D eigenvalue weighted by Crippen LogP contribution is 2.33. The van der Waals surface area contributed by atoms with Crippen LogP contribution in [0.3, 0.4) is 0 Å². The molecular weight excluding hydrogens is 519 g/mol. The molecule has 0 radical (unpaired) electrons. The standard InChI is InChI=1S/C13H12BrNS.C10H11Cl2NS/c1-9(15)16-8-11-7-6-10-4-2-3-5-12(10)13(11)14;1-6(14-7(2)13)8-3-4-9(11)10(12)5-8/h2-7,15H,8H2,1H3;3-6,13H,1-2H3. The summed E-state index contributed by atoms with van der Waals surface area (Å²) >= 11 is 18.4. The normalized spacial score (nSPS) is 11.5. The second-order valence-electron chi connectivity index (χ2n) is 6.59. The minimum Gasteiger partial charge on any atom is -0.299 e. The van der Waals surface area contributed by atoms with Crippen molar-refractivity contribution in [2.75, 3.05) is 0 Å². The fraction of sp³-hybridized carbons (Fsp3) is 0.217. The van der Waals surface area contributed by atoms with Crippen molar-refractivity contribution in [2.45, 2.75) is 31.8 Å². The molecule has 0 saturated heterocycles. The van der Waals surface area contributed by atoms with E-state index in [9.17, 15) is 0 Å². The van der Waals surface area contributed by atoms with Gasteiger partial charge < -0.3 is 0 Å². The molecule has 1 unspecified atom stereocenters. The van der Waals surface area contributed by atoms with E-state index >= 15 is 0 Å². The lowest BCUT2D eigenvalue weighted by molar-refractivity contribution is 1.11. The van der Waals surface area contributed by atoms with Gasteiger partial charge in [-0.2, -0.15) is 0 Å². The van der Waals surface area contributed by atoms with Crippen LogP contribution in [0.1, 0.15) is 37.1 Å². The van der Waals surface area contributed by atoms with Gasteiger partial charge in [-0.25, -0.2) is 0 Å². The van der Waals surface area contributed by atoms with Crippen molar-refractivity contribution >= 4 is 83.5 Å². The third-order valence-corrected chi connectivity index (χ3v) is 7.70. The molecule has 0 aliphatic heterocycles. The van der Waals surface area contributed by atoms with Crippen LogP contribution in [0.5, 0.6) is 0 Å².